The second kappa shape index (κ2) is 8.90. The lowest BCUT2D eigenvalue weighted by Crippen LogP contribution is -2.29. The summed E-state index contributed by atoms with van der Waals surface area (Å²) in [6.07, 6.45) is 5.91. The first-order valence-electron chi connectivity index (χ1n) is 6.73. The van der Waals surface area contributed by atoms with Gasteiger partial charge in [0.25, 0.3) is 0 Å². The number of rotatable bonds is 7. The Morgan fingerprint density at radius 3 is 3.00 bits per heavy atom. The van der Waals surface area contributed by atoms with Crippen molar-refractivity contribution in [2.75, 3.05) is 32.1 Å². The minimum Gasteiger partial charge on any atom is -0.450 e. The van der Waals surface area contributed by atoms with Crippen molar-refractivity contribution >= 4 is 18.0 Å². The van der Waals surface area contributed by atoms with Crippen LogP contribution in [-0.4, -0.2) is 47.7 Å². The van der Waals surface area contributed by atoms with Crippen molar-refractivity contribution in [1.29, 1.82) is 0 Å². The van der Waals surface area contributed by atoms with Gasteiger partial charge >= 0.3 is 6.09 Å². The summed E-state index contributed by atoms with van der Waals surface area (Å²) < 4.78 is 4.90. The summed E-state index contributed by atoms with van der Waals surface area (Å²) in [7, 11) is 1.73. The number of nitrogens with zero attached hydrogens (tertiary/aromatic N) is 3. The van der Waals surface area contributed by atoms with Crippen LogP contribution in [0, 0.1) is 0 Å². The Morgan fingerprint density at radius 2 is 2.30 bits per heavy atom. The zero-order valence-electron chi connectivity index (χ0n) is 12.3. The first-order chi connectivity index (χ1) is 9.67. The molecule has 0 aromatic carbocycles. The van der Waals surface area contributed by atoms with E-state index in [4.69, 9.17) is 4.74 Å². The van der Waals surface area contributed by atoms with Gasteiger partial charge in [-0.1, -0.05) is 6.08 Å². The first kappa shape index (κ1) is 15.9. The van der Waals surface area contributed by atoms with Crippen LogP contribution >= 0.6 is 0 Å². The third-order valence-corrected chi connectivity index (χ3v) is 2.58. The molecule has 0 fully saturated rings. The standard InChI is InChI=1S/C14H22N4O2/c1-4-7-12-10-13(17-11-16-12)15-8-6-9-18(3)14(19)20-5-2/h4,7,10-11H,5-6,8-9H2,1-3H3,(H,15,16,17)/b7-4-. The Hall–Kier alpha value is -2.11. The molecule has 0 unspecified atom stereocenters. The average molecular weight is 278 g/mol. The maximum atomic E-state index is 11.4. The van der Waals surface area contributed by atoms with Crippen LogP contribution in [0.25, 0.3) is 6.08 Å². The Bertz CT molecular complexity index is 449. The van der Waals surface area contributed by atoms with Gasteiger partial charge in [-0.2, -0.15) is 0 Å². The van der Waals surface area contributed by atoms with Gasteiger partial charge < -0.3 is 15.0 Å². The van der Waals surface area contributed by atoms with Crippen molar-refractivity contribution < 1.29 is 9.53 Å². The quantitative estimate of drug-likeness (QED) is 0.776. The molecule has 0 spiro atoms. The number of hydrogen-bond donors (Lipinski definition) is 1. The second-order valence-corrected chi connectivity index (χ2v) is 4.23. The molecular weight excluding hydrogens is 256 g/mol. The molecule has 6 heteroatoms. The van der Waals surface area contributed by atoms with Crippen molar-refractivity contribution in [3.05, 3.63) is 24.2 Å². The molecule has 1 aromatic rings. The van der Waals surface area contributed by atoms with E-state index in [-0.39, 0.29) is 6.09 Å². The number of nitrogens with one attached hydrogen (secondary N) is 1. The lowest BCUT2D eigenvalue weighted by Gasteiger charge is -2.16. The largest absolute Gasteiger partial charge is 0.450 e. The van der Waals surface area contributed by atoms with Crippen LogP contribution in [-0.2, 0) is 4.74 Å². The van der Waals surface area contributed by atoms with Crippen LogP contribution < -0.4 is 5.32 Å². The van der Waals surface area contributed by atoms with Gasteiger partial charge in [-0.15, -0.1) is 0 Å². The predicted molar refractivity (Wildman–Crippen MR) is 79.5 cm³/mol. The highest BCUT2D eigenvalue weighted by atomic mass is 16.5. The molecule has 0 aliphatic carbocycles. The van der Waals surface area contributed by atoms with Gasteiger partial charge in [0.05, 0.1) is 12.3 Å². The number of aromatic nitrogens is 2. The third-order valence-electron chi connectivity index (χ3n) is 2.58. The fourth-order valence-corrected chi connectivity index (χ4v) is 1.59. The second-order valence-electron chi connectivity index (χ2n) is 4.23. The maximum Gasteiger partial charge on any atom is 0.409 e. The van der Waals surface area contributed by atoms with Gasteiger partial charge in [0.2, 0.25) is 0 Å². The summed E-state index contributed by atoms with van der Waals surface area (Å²) in [5.74, 6) is 0.784. The van der Waals surface area contributed by atoms with Crippen LogP contribution in [0.1, 0.15) is 26.0 Å². The molecule has 0 aliphatic rings. The van der Waals surface area contributed by atoms with Crippen molar-refractivity contribution in [3.63, 3.8) is 0 Å². The molecule has 0 aliphatic heterocycles. The summed E-state index contributed by atoms with van der Waals surface area (Å²) >= 11 is 0. The van der Waals surface area contributed by atoms with E-state index < -0.39 is 0 Å². The first-order valence-corrected chi connectivity index (χ1v) is 6.73. The summed E-state index contributed by atoms with van der Waals surface area (Å²) in [6.45, 7) is 5.51. The number of carbonyl (C=O) groups excluding carboxylic acids is 1. The van der Waals surface area contributed by atoms with E-state index >= 15 is 0 Å². The molecule has 20 heavy (non-hydrogen) atoms. The number of allylic oxidation sites excluding steroid dienone is 1. The number of hydrogen-bond acceptors (Lipinski definition) is 5. The molecule has 1 amide bonds. The van der Waals surface area contributed by atoms with E-state index in [1.165, 1.54) is 6.33 Å². The lowest BCUT2D eigenvalue weighted by atomic mass is 10.3. The van der Waals surface area contributed by atoms with Gasteiger partial charge in [-0.25, -0.2) is 14.8 Å². The van der Waals surface area contributed by atoms with Crippen LogP contribution in [0.15, 0.2) is 18.5 Å². The molecule has 0 saturated heterocycles. The predicted octanol–water partition coefficient (Wildman–Crippen LogP) is 2.40. The van der Waals surface area contributed by atoms with Gasteiger partial charge in [-0.3, -0.25) is 0 Å². The minimum atomic E-state index is -0.287. The molecule has 1 N–H and O–H groups in total. The van der Waals surface area contributed by atoms with Crippen molar-refractivity contribution in [2.45, 2.75) is 20.3 Å². The SMILES string of the molecule is C/C=C\c1cc(NCCCN(C)C(=O)OCC)ncn1. The number of carbonyl (C=O) groups is 1. The Kier molecular flexibility index (Phi) is 7.10. The van der Waals surface area contributed by atoms with Crippen LogP contribution in [0.4, 0.5) is 10.6 Å². The molecule has 1 heterocycles. The monoisotopic (exact) mass is 278 g/mol. The number of anilines is 1. The molecule has 6 nitrogen and oxygen atoms in total. The highest BCUT2D eigenvalue weighted by molar-refractivity contribution is 5.67. The molecule has 1 aromatic heterocycles. The Morgan fingerprint density at radius 1 is 1.50 bits per heavy atom. The van der Waals surface area contributed by atoms with Gasteiger partial charge in [0, 0.05) is 26.2 Å². The zero-order chi connectivity index (χ0) is 14.8. The molecule has 0 radical (unpaired) electrons. The van der Waals surface area contributed by atoms with E-state index in [9.17, 15) is 4.79 Å². The molecule has 0 atom stereocenters. The lowest BCUT2D eigenvalue weighted by molar-refractivity contribution is 0.116. The molecule has 110 valence electrons. The van der Waals surface area contributed by atoms with Gasteiger partial charge in [0.1, 0.15) is 12.1 Å². The van der Waals surface area contributed by atoms with E-state index in [2.05, 4.69) is 15.3 Å². The van der Waals surface area contributed by atoms with Crippen LogP contribution in [0.3, 0.4) is 0 Å². The van der Waals surface area contributed by atoms with E-state index in [1.54, 1.807) is 18.9 Å². The topological polar surface area (TPSA) is 67.4 Å². The Balaban J connectivity index is 2.30. The summed E-state index contributed by atoms with van der Waals surface area (Å²) in [4.78, 5) is 21.2. The summed E-state index contributed by atoms with van der Waals surface area (Å²) in [5, 5.41) is 3.21. The van der Waals surface area contributed by atoms with Gasteiger partial charge in [-0.05, 0) is 26.3 Å². The van der Waals surface area contributed by atoms with Crippen molar-refractivity contribution in [1.82, 2.24) is 14.9 Å². The highest BCUT2D eigenvalue weighted by Crippen LogP contribution is 2.05. The Labute approximate surface area is 119 Å². The highest BCUT2D eigenvalue weighted by Gasteiger charge is 2.07. The summed E-state index contributed by atoms with van der Waals surface area (Å²) in [6, 6.07) is 1.88. The van der Waals surface area contributed by atoms with Crippen LogP contribution in [0.2, 0.25) is 0 Å². The average Bonchev–Trinajstić information content (AvgIpc) is 2.44. The fraction of sp³-hybridized carbons (Fsp3) is 0.500. The maximum absolute atomic E-state index is 11.4. The molecule has 1 rings (SSSR count). The smallest absolute Gasteiger partial charge is 0.409 e. The molecular formula is C14H22N4O2. The molecule has 0 saturated carbocycles. The van der Waals surface area contributed by atoms with E-state index in [1.807, 2.05) is 25.1 Å². The normalized spacial score (nSPS) is 10.6. The zero-order valence-corrected chi connectivity index (χ0v) is 12.3. The molecule has 0 bridgehead atoms. The number of ether oxygens (including phenoxy) is 1. The third kappa shape index (κ3) is 5.69. The van der Waals surface area contributed by atoms with Crippen LogP contribution in [0.5, 0.6) is 0 Å². The van der Waals surface area contributed by atoms with E-state index in [0.29, 0.717) is 13.2 Å². The number of amides is 1. The summed E-state index contributed by atoms with van der Waals surface area (Å²) in [5.41, 5.74) is 0.869. The minimum absolute atomic E-state index is 0.287. The van der Waals surface area contributed by atoms with Gasteiger partial charge in [0.15, 0.2) is 0 Å². The van der Waals surface area contributed by atoms with Crippen molar-refractivity contribution in [3.8, 4) is 0 Å². The van der Waals surface area contributed by atoms with Crippen molar-refractivity contribution in [2.24, 2.45) is 0 Å². The fourth-order valence-electron chi connectivity index (χ4n) is 1.59. The van der Waals surface area contributed by atoms with E-state index in [0.717, 1.165) is 24.5 Å².